The van der Waals surface area contributed by atoms with E-state index >= 15 is 0 Å². The summed E-state index contributed by atoms with van der Waals surface area (Å²) in [6, 6.07) is 19.7. The predicted molar refractivity (Wildman–Crippen MR) is 102 cm³/mol. The van der Waals surface area contributed by atoms with Crippen molar-refractivity contribution in [2.45, 2.75) is 12.8 Å². The fourth-order valence-corrected chi connectivity index (χ4v) is 2.57. The molecule has 1 amide bonds. The Balaban J connectivity index is 1.47. The lowest BCUT2D eigenvalue weighted by atomic mass is 10.1. The van der Waals surface area contributed by atoms with Gasteiger partial charge in [0.15, 0.2) is 0 Å². The second kappa shape index (κ2) is 8.76. The van der Waals surface area contributed by atoms with E-state index in [4.69, 9.17) is 0 Å². The van der Waals surface area contributed by atoms with E-state index in [0.717, 1.165) is 25.1 Å². The van der Waals surface area contributed by atoms with Crippen LogP contribution >= 0.6 is 0 Å². The van der Waals surface area contributed by atoms with Crippen molar-refractivity contribution >= 4 is 17.4 Å². The van der Waals surface area contributed by atoms with Crippen molar-refractivity contribution in [1.82, 2.24) is 4.98 Å². The third kappa shape index (κ3) is 4.89. The van der Waals surface area contributed by atoms with Gasteiger partial charge in [0.05, 0.1) is 17.4 Å². The Kier molecular flexibility index (Phi) is 5.93. The van der Waals surface area contributed by atoms with Gasteiger partial charge in [0, 0.05) is 6.54 Å². The number of pyridine rings is 1. The number of halogens is 1. The number of carbonyl (C=O) groups excluding carboxylic acids is 1. The molecule has 0 aliphatic heterocycles. The maximum Gasteiger partial charge on any atom is 0.259 e. The fraction of sp³-hybridized carbons (Fsp3) is 0.143. The minimum Gasteiger partial charge on any atom is -0.384 e. The molecular formula is C21H20FN3O. The van der Waals surface area contributed by atoms with E-state index in [-0.39, 0.29) is 5.56 Å². The van der Waals surface area contributed by atoms with Crippen molar-refractivity contribution in [3.63, 3.8) is 0 Å². The topological polar surface area (TPSA) is 54.0 Å². The summed E-state index contributed by atoms with van der Waals surface area (Å²) < 4.78 is 13.6. The molecule has 0 spiro atoms. The number of hydrogen-bond acceptors (Lipinski definition) is 3. The molecule has 0 saturated carbocycles. The van der Waals surface area contributed by atoms with Crippen LogP contribution < -0.4 is 10.6 Å². The molecule has 2 N–H and O–H groups in total. The third-order valence-corrected chi connectivity index (χ3v) is 3.94. The van der Waals surface area contributed by atoms with Crippen LogP contribution in [0, 0.1) is 5.82 Å². The zero-order chi connectivity index (χ0) is 18.2. The Labute approximate surface area is 152 Å². The highest BCUT2D eigenvalue weighted by Gasteiger charge is 2.11. The van der Waals surface area contributed by atoms with Crippen LogP contribution in [0.15, 0.2) is 72.9 Å². The van der Waals surface area contributed by atoms with E-state index in [9.17, 15) is 9.18 Å². The van der Waals surface area contributed by atoms with Crippen LogP contribution in [0.5, 0.6) is 0 Å². The van der Waals surface area contributed by atoms with E-state index in [1.807, 2.05) is 24.3 Å². The highest BCUT2D eigenvalue weighted by molar-refractivity contribution is 6.03. The molecule has 0 saturated heterocycles. The summed E-state index contributed by atoms with van der Waals surface area (Å²) in [5.74, 6) is -0.686. The number of nitrogens with one attached hydrogen (secondary N) is 2. The monoisotopic (exact) mass is 349 g/mol. The van der Waals surface area contributed by atoms with Crippen LogP contribution in [0.1, 0.15) is 22.3 Å². The summed E-state index contributed by atoms with van der Waals surface area (Å²) in [6.07, 6.45) is 3.67. The molecule has 3 aromatic rings. The van der Waals surface area contributed by atoms with Gasteiger partial charge in [-0.3, -0.25) is 4.79 Å². The zero-order valence-electron chi connectivity index (χ0n) is 14.3. The Morgan fingerprint density at radius 3 is 2.46 bits per heavy atom. The summed E-state index contributed by atoms with van der Waals surface area (Å²) in [4.78, 5) is 16.3. The second-order valence-electron chi connectivity index (χ2n) is 5.88. The number of carbonyl (C=O) groups is 1. The first-order chi connectivity index (χ1) is 12.7. The number of benzene rings is 2. The molecule has 132 valence electrons. The highest BCUT2D eigenvalue weighted by Crippen LogP contribution is 2.13. The van der Waals surface area contributed by atoms with Gasteiger partial charge in [0.1, 0.15) is 11.6 Å². The lowest BCUT2D eigenvalue weighted by Gasteiger charge is -2.08. The van der Waals surface area contributed by atoms with Crippen molar-refractivity contribution in [3.05, 3.63) is 89.9 Å². The average molecular weight is 349 g/mol. The summed E-state index contributed by atoms with van der Waals surface area (Å²) >= 11 is 0. The van der Waals surface area contributed by atoms with Gasteiger partial charge in [0.25, 0.3) is 5.91 Å². The van der Waals surface area contributed by atoms with Gasteiger partial charge in [-0.2, -0.15) is 0 Å². The Bertz CT molecular complexity index is 851. The summed E-state index contributed by atoms with van der Waals surface area (Å²) in [7, 11) is 0. The molecule has 26 heavy (non-hydrogen) atoms. The number of hydrogen-bond donors (Lipinski definition) is 2. The van der Waals surface area contributed by atoms with E-state index in [1.54, 1.807) is 24.4 Å². The van der Waals surface area contributed by atoms with Gasteiger partial charge in [0.2, 0.25) is 0 Å². The number of amides is 1. The zero-order valence-corrected chi connectivity index (χ0v) is 14.3. The van der Waals surface area contributed by atoms with Crippen molar-refractivity contribution in [2.24, 2.45) is 0 Å². The molecule has 5 heteroatoms. The van der Waals surface area contributed by atoms with Gasteiger partial charge in [-0.15, -0.1) is 0 Å². The number of aromatic nitrogens is 1. The number of rotatable bonds is 7. The summed E-state index contributed by atoms with van der Waals surface area (Å²) in [5, 5.41) is 5.90. The minimum absolute atomic E-state index is 0.00239. The van der Waals surface area contributed by atoms with Gasteiger partial charge in [-0.1, -0.05) is 42.5 Å². The quantitative estimate of drug-likeness (QED) is 0.617. The molecule has 1 aromatic heterocycles. The summed E-state index contributed by atoms with van der Waals surface area (Å²) in [5.41, 5.74) is 2.19. The Morgan fingerprint density at radius 2 is 1.73 bits per heavy atom. The van der Waals surface area contributed by atoms with E-state index < -0.39 is 11.7 Å². The number of aryl methyl sites for hydroxylation is 1. The maximum atomic E-state index is 13.6. The van der Waals surface area contributed by atoms with Crippen LogP contribution in [0.2, 0.25) is 0 Å². The molecular weight excluding hydrogens is 329 g/mol. The lowest BCUT2D eigenvalue weighted by Crippen LogP contribution is -2.14. The van der Waals surface area contributed by atoms with Gasteiger partial charge < -0.3 is 10.6 Å². The van der Waals surface area contributed by atoms with Crippen molar-refractivity contribution < 1.29 is 9.18 Å². The molecule has 0 aliphatic carbocycles. The smallest absolute Gasteiger partial charge is 0.259 e. The van der Waals surface area contributed by atoms with E-state index in [2.05, 4.69) is 27.8 Å². The van der Waals surface area contributed by atoms with Crippen LogP contribution in [-0.4, -0.2) is 17.4 Å². The molecule has 0 bridgehead atoms. The largest absolute Gasteiger partial charge is 0.384 e. The number of anilines is 2. The first-order valence-electron chi connectivity index (χ1n) is 8.52. The minimum atomic E-state index is -0.554. The predicted octanol–water partition coefficient (Wildman–Crippen LogP) is 4.52. The Hall–Kier alpha value is -3.21. The molecule has 0 unspecified atom stereocenters. The first kappa shape index (κ1) is 17.6. The van der Waals surface area contributed by atoms with E-state index in [1.165, 1.54) is 17.7 Å². The van der Waals surface area contributed by atoms with Crippen molar-refractivity contribution in [1.29, 1.82) is 0 Å². The van der Waals surface area contributed by atoms with Crippen LogP contribution in [0.25, 0.3) is 0 Å². The van der Waals surface area contributed by atoms with Crippen LogP contribution in [0.3, 0.4) is 0 Å². The second-order valence-corrected chi connectivity index (χ2v) is 5.88. The normalized spacial score (nSPS) is 10.3. The third-order valence-electron chi connectivity index (χ3n) is 3.94. The van der Waals surface area contributed by atoms with Crippen LogP contribution in [-0.2, 0) is 6.42 Å². The molecule has 0 radical (unpaired) electrons. The highest BCUT2D eigenvalue weighted by atomic mass is 19.1. The van der Waals surface area contributed by atoms with Gasteiger partial charge >= 0.3 is 0 Å². The molecule has 0 aliphatic rings. The van der Waals surface area contributed by atoms with E-state index in [0.29, 0.717) is 5.82 Å². The van der Waals surface area contributed by atoms with Crippen molar-refractivity contribution in [2.75, 3.05) is 17.2 Å². The average Bonchev–Trinajstić information content (AvgIpc) is 2.67. The SMILES string of the molecule is O=C(Nc1ccc(NCCCc2ccccc2)cn1)c1ccccc1F. The molecule has 4 nitrogen and oxygen atoms in total. The molecule has 0 atom stereocenters. The lowest BCUT2D eigenvalue weighted by molar-refractivity contribution is 0.102. The fourth-order valence-electron chi connectivity index (χ4n) is 2.57. The number of nitrogens with zero attached hydrogens (tertiary/aromatic N) is 1. The Morgan fingerprint density at radius 1 is 0.962 bits per heavy atom. The molecule has 3 rings (SSSR count). The first-order valence-corrected chi connectivity index (χ1v) is 8.52. The molecule has 0 fully saturated rings. The standard InChI is InChI=1S/C21H20FN3O/c22-19-11-5-4-10-18(19)21(26)25-20-13-12-17(15-24-20)23-14-6-9-16-7-2-1-3-8-16/h1-5,7-8,10-13,15,23H,6,9,14H2,(H,24,25,26). The van der Waals surface area contributed by atoms with Gasteiger partial charge in [-0.05, 0) is 42.7 Å². The maximum absolute atomic E-state index is 13.6. The van der Waals surface area contributed by atoms with Crippen molar-refractivity contribution in [3.8, 4) is 0 Å². The molecule has 2 aromatic carbocycles. The summed E-state index contributed by atoms with van der Waals surface area (Å²) in [6.45, 7) is 0.831. The van der Waals surface area contributed by atoms with Crippen LogP contribution in [0.4, 0.5) is 15.9 Å². The van der Waals surface area contributed by atoms with Gasteiger partial charge in [-0.25, -0.2) is 9.37 Å². The molecule has 1 heterocycles.